The van der Waals surface area contributed by atoms with Crippen LogP contribution in [0.2, 0.25) is 0 Å². The Morgan fingerprint density at radius 1 is 0.750 bits per heavy atom. The third-order valence-electron chi connectivity index (χ3n) is 4.11. The molecule has 5 N–H and O–H groups in total. The van der Waals surface area contributed by atoms with Crippen molar-refractivity contribution < 1.29 is 4.79 Å². The smallest absolute Gasteiger partial charge is 0.251 e. The fourth-order valence-corrected chi connectivity index (χ4v) is 2.69. The minimum Gasteiger partial charge on any atom is -0.352 e. The number of carbonyl (C=O) groups is 1. The standard InChI is InChI=1S/C22H21NO.C2H8N2/c1-2-13-23-22(24)21-15-19(17-9-5-3-6-10-17)14-20(16-21)18-11-7-4-8-12-18;3-1-2-4/h3-12,14-16H,2,13H2,1H3,(H,23,24);1-4H2. The molecule has 0 aliphatic carbocycles. The molecule has 0 aliphatic heterocycles. The van der Waals surface area contributed by atoms with Crippen LogP contribution in [0.15, 0.2) is 78.9 Å². The van der Waals surface area contributed by atoms with Gasteiger partial charge < -0.3 is 16.8 Å². The van der Waals surface area contributed by atoms with Crippen molar-refractivity contribution in [3.63, 3.8) is 0 Å². The number of rotatable bonds is 6. The second-order valence-electron chi connectivity index (χ2n) is 6.36. The zero-order valence-corrected chi connectivity index (χ0v) is 16.4. The first-order valence-electron chi connectivity index (χ1n) is 9.63. The molecule has 146 valence electrons. The molecule has 28 heavy (non-hydrogen) atoms. The van der Waals surface area contributed by atoms with Gasteiger partial charge in [0.15, 0.2) is 0 Å². The Bertz CT molecular complexity index is 788. The zero-order chi connectivity index (χ0) is 20.2. The summed E-state index contributed by atoms with van der Waals surface area (Å²) in [4.78, 5) is 12.5. The van der Waals surface area contributed by atoms with Crippen molar-refractivity contribution in [2.75, 3.05) is 19.6 Å². The summed E-state index contributed by atoms with van der Waals surface area (Å²) in [5, 5.41) is 2.97. The van der Waals surface area contributed by atoms with Crippen LogP contribution >= 0.6 is 0 Å². The maximum atomic E-state index is 12.5. The molecule has 0 heterocycles. The third kappa shape index (κ3) is 6.34. The van der Waals surface area contributed by atoms with Crippen LogP contribution in [0, 0.1) is 0 Å². The van der Waals surface area contributed by atoms with Gasteiger partial charge in [0, 0.05) is 25.2 Å². The Morgan fingerprint density at radius 2 is 1.21 bits per heavy atom. The number of nitrogens with two attached hydrogens (primary N) is 2. The highest BCUT2D eigenvalue weighted by atomic mass is 16.1. The van der Waals surface area contributed by atoms with Crippen LogP contribution in [-0.2, 0) is 0 Å². The average Bonchev–Trinajstić information content (AvgIpc) is 2.78. The van der Waals surface area contributed by atoms with Crippen molar-refractivity contribution in [1.29, 1.82) is 0 Å². The monoisotopic (exact) mass is 375 g/mol. The summed E-state index contributed by atoms with van der Waals surface area (Å²) in [6, 6.07) is 26.4. The van der Waals surface area contributed by atoms with Gasteiger partial charge in [-0.15, -0.1) is 0 Å². The third-order valence-corrected chi connectivity index (χ3v) is 4.11. The summed E-state index contributed by atoms with van der Waals surface area (Å²) in [6.45, 7) is 3.94. The van der Waals surface area contributed by atoms with E-state index in [-0.39, 0.29) is 5.91 Å². The maximum absolute atomic E-state index is 12.5. The van der Waals surface area contributed by atoms with Gasteiger partial charge in [-0.25, -0.2) is 0 Å². The molecule has 0 saturated carbocycles. The van der Waals surface area contributed by atoms with Gasteiger partial charge in [-0.2, -0.15) is 0 Å². The predicted octanol–water partition coefficient (Wildman–Crippen LogP) is 4.06. The Labute approximate surface area is 167 Å². The first kappa shape index (κ1) is 21.4. The van der Waals surface area contributed by atoms with E-state index in [1.807, 2.05) is 48.5 Å². The summed E-state index contributed by atoms with van der Waals surface area (Å²) in [5.74, 6) is -0.0215. The Morgan fingerprint density at radius 3 is 1.61 bits per heavy atom. The van der Waals surface area contributed by atoms with Gasteiger partial charge in [-0.05, 0) is 46.9 Å². The molecule has 0 saturated heterocycles. The number of hydrogen-bond acceptors (Lipinski definition) is 3. The van der Waals surface area contributed by atoms with E-state index in [2.05, 4.69) is 42.6 Å². The normalized spacial score (nSPS) is 9.96. The van der Waals surface area contributed by atoms with Crippen LogP contribution in [0.1, 0.15) is 23.7 Å². The molecule has 0 spiro atoms. The molecule has 4 heteroatoms. The van der Waals surface area contributed by atoms with E-state index in [1.165, 1.54) is 0 Å². The summed E-state index contributed by atoms with van der Waals surface area (Å²) in [6.07, 6.45) is 0.926. The van der Waals surface area contributed by atoms with Gasteiger partial charge in [0.25, 0.3) is 5.91 Å². The second-order valence-corrected chi connectivity index (χ2v) is 6.36. The largest absolute Gasteiger partial charge is 0.352 e. The summed E-state index contributed by atoms with van der Waals surface area (Å²) < 4.78 is 0. The van der Waals surface area contributed by atoms with Gasteiger partial charge in [0.05, 0.1) is 0 Å². The molecule has 3 aromatic rings. The Kier molecular flexibility index (Phi) is 8.92. The minimum absolute atomic E-state index is 0.0215. The van der Waals surface area contributed by atoms with E-state index in [4.69, 9.17) is 11.5 Å². The molecule has 1 amide bonds. The highest BCUT2D eigenvalue weighted by Crippen LogP contribution is 2.28. The molecule has 3 aromatic carbocycles. The summed E-state index contributed by atoms with van der Waals surface area (Å²) in [7, 11) is 0. The molecule has 0 aliphatic rings. The number of carbonyl (C=O) groups excluding carboxylic acids is 1. The van der Waals surface area contributed by atoms with Crippen LogP contribution in [0.25, 0.3) is 22.3 Å². The van der Waals surface area contributed by atoms with Crippen molar-refractivity contribution >= 4 is 5.91 Å². The molecule has 0 atom stereocenters. The molecule has 0 fully saturated rings. The lowest BCUT2D eigenvalue weighted by Crippen LogP contribution is -2.24. The molecule has 3 rings (SSSR count). The van der Waals surface area contributed by atoms with Crippen LogP contribution in [0.4, 0.5) is 0 Å². The van der Waals surface area contributed by atoms with Crippen molar-refractivity contribution in [1.82, 2.24) is 5.32 Å². The van der Waals surface area contributed by atoms with Crippen LogP contribution < -0.4 is 16.8 Å². The highest BCUT2D eigenvalue weighted by molar-refractivity contribution is 5.97. The van der Waals surface area contributed by atoms with Gasteiger partial charge in [0.1, 0.15) is 0 Å². The average molecular weight is 376 g/mol. The van der Waals surface area contributed by atoms with E-state index >= 15 is 0 Å². The number of amides is 1. The van der Waals surface area contributed by atoms with Crippen molar-refractivity contribution in [2.45, 2.75) is 13.3 Å². The zero-order valence-electron chi connectivity index (χ0n) is 16.4. The van der Waals surface area contributed by atoms with E-state index in [0.717, 1.165) is 28.7 Å². The SMILES string of the molecule is CCCNC(=O)c1cc(-c2ccccc2)cc(-c2ccccc2)c1.NCCN. The van der Waals surface area contributed by atoms with Crippen LogP contribution in [0.3, 0.4) is 0 Å². The van der Waals surface area contributed by atoms with Crippen molar-refractivity contribution in [3.05, 3.63) is 84.4 Å². The predicted molar refractivity (Wildman–Crippen MR) is 118 cm³/mol. The number of benzene rings is 3. The first-order chi connectivity index (χ1) is 13.7. The van der Waals surface area contributed by atoms with E-state index < -0.39 is 0 Å². The van der Waals surface area contributed by atoms with E-state index in [1.54, 1.807) is 0 Å². The lowest BCUT2D eigenvalue weighted by Gasteiger charge is -2.11. The van der Waals surface area contributed by atoms with Crippen molar-refractivity contribution in [3.8, 4) is 22.3 Å². The van der Waals surface area contributed by atoms with Gasteiger partial charge in [0.2, 0.25) is 0 Å². The highest BCUT2D eigenvalue weighted by Gasteiger charge is 2.10. The molecule has 0 radical (unpaired) electrons. The lowest BCUT2D eigenvalue weighted by molar-refractivity contribution is 0.0953. The van der Waals surface area contributed by atoms with Crippen LogP contribution in [0.5, 0.6) is 0 Å². The lowest BCUT2D eigenvalue weighted by atomic mass is 9.96. The minimum atomic E-state index is -0.0215. The number of nitrogens with one attached hydrogen (secondary N) is 1. The summed E-state index contributed by atoms with van der Waals surface area (Å²) in [5.41, 5.74) is 14.8. The maximum Gasteiger partial charge on any atom is 0.251 e. The molecular weight excluding hydrogens is 346 g/mol. The Hall–Kier alpha value is -2.95. The summed E-state index contributed by atoms with van der Waals surface area (Å²) >= 11 is 0. The molecular formula is C24H29N3O. The molecule has 4 nitrogen and oxygen atoms in total. The van der Waals surface area contributed by atoms with Gasteiger partial charge in [-0.1, -0.05) is 67.6 Å². The molecule has 0 aromatic heterocycles. The fraction of sp³-hybridized carbons (Fsp3) is 0.208. The van der Waals surface area contributed by atoms with Gasteiger partial charge in [-0.3, -0.25) is 4.79 Å². The number of hydrogen-bond donors (Lipinski definition) is 3. The van der Waals surface area contributed by atoms with Crippen LogP contribution in [-0.4, -0.2) is 25.5 Å². The van der Waals surface area contributed by atoms with E-state index in [9.17, 15) is 4.79 Å². The van der Waals surface area contributed by atoms with E-state index in [0.29, 0.717) is 25.2 Å². The topological polar surface area (TPSA) is 81.1 Å². The quantitative estimate of drug-likeness (QED) is 0.607. The van der Waals surface area contributed by atoms with Crippen molar-refractivity contribution in [2.24, 2.45) is 11.5 Å². The Balaban J connectivity index is 0.000000640. The first-order valence-corrected chi connectivity index (χ1v) is 9.63. The molecule has 0 unspecified atom stereocenters. The van der Waals surface area contributed by atoms with Gasteiger partial charge >= 0.3 is 0 Å². The molecule has 0 bridgehead atoms. The second kappa shape index (κ2) is 11.7. The fourth-order valence-electron chi connectivity index (χ4n) is 2.69.